The van der Waals surface area contributed by atoms with Gasteiger partial charge in [0.2, 0.25) is 11.8 Å². The minimum absolute atomic E-state index is 0.0473. The first-order valence-electron chi connectivity index (χ1n) is 6.52. The van der Waals surface area contributed by atoms with Gasteiger partial charge in [0.15, 0.2) is 0 Å². The summed E-state index contributed by atoms with van der Waals surface area (Å²) in [5, 5.41) is 8.65. The first kappa shape index (κ1) is 14.2. The summed E-state index contributed by atoms with van der Waals surface area (Å²) in [5.41, 5.74) is 2.92. The number of imide groups is 1. The second kappa shape index (κ2) is 5.45. The van der Waals surface area contributed by atoms with Crippen LogP contribution in [0.2, 0.25) is 0 Å². The average Bonchev–Trinajstić information content (AvgIpc) is 2.61. The van der Waals surface area contributed by atoms with Crippen molar-refractivity contribution in [1.29, 1.82) is 0 Å². The molecule has 1 aliphatic rings. The minimum atomic E-state index is -1.01. The monoisotopic (exact) mass is 275 g/mol. The number of carboxylic acid groups (broad SMARTS) is 1. The van der Waals surface area contributed by atoms with E-state index in [1.165, 1.54) is 0 Å². The Balaban J connectivity index is 2.20. The number of likely N-dealkylation sites (tertiary alicyclic amines) is 1. The highest BCUT2D eigenvalue weighted by atomic mass is 16.4. The van der Waals surface area contributed by atoms with Crippen LogP contribution < -0.4 is 0 Å². The maximum atomic E-state index is 12.3. The van der Waals surface area contributed by atoms with Gasteiger partial charge in [-0.15, -0.1) is 0 Å². The topological polar surface area (TPSA) is 74.7 Å². The number of hydrogen-bond acceptors (Lipinski definition) is 3. The number of benzene rings is 1. The summed E-state index contributed by atoms with van der Waals surface area (Å²) in [6.45, 7) is 3.84. The first-order valence-corrected chi connectivity index (χ1v) is 6.52. The van der Waals surface area contributed by atoms with Crippen molar-refractivity contribution in [3.63, 3.8) is 0 Å². The number of aryl methyl sites for hydroxylation is 2. The zero-order chi connectivity index (χ0) is 14.9. The molecule has 1 heterocycles. The summed E-state index contributed by atoms with van der Waals surface area (Å²) in [5.74, 6) is -2.07. The second-order valence-electron chi connectivity index (χ2n) is 5.21. The number of carboxylic acids is 1. The molecular formula is C15H17NO4. The quantitative estimate of drug-likeness (QED) is 0.847. The smallest absolute Gasteiger partial charge is 0.305 e. The van der Waals surface area contributed by atoms with E-state index < -0.39 is 11.9 Å². The molecule has 0 bridgehead atoms. The molecule has 0 radical (unpaired) electrons. The first-order chi connectivity index (χ1) is 9.38. The van der Waals surface area contributed by atoms with Crippen LogP contribution in [0.3, 0.4) is 0 Å². The molecule has 1 saturated heterocycles. The van der Waals surface area contributed by atoms with Crippen LogP contribution in [0.25, 0.3) is 0 Å². The Morgan fingerprint density at radius 3 is 2.40 bits per heavy atom. The molecule has 0 aliphatic carbocycles. The zero-order valence-corrected chi connectivity index (χ0v) is 11.5. The van der Waals surface area contributed by atoms with Crippen molar-refractivity contribution in [2.45, 2.75) is 32.6 Å². The largest absolute Gasteiger partial charge is 0.481 e. The fourth-order valence-corrected chi connectivity index (χ4v) is 2.60. The van der Waals surface area contributed by atoms with Gasteiger partial charge in [-0.3, -0.25) is 19.3 Å². The molecule has 1 fully saturated rings. The van der Waals surface area contributed by atoms with E-state index in [-0.39, 0.29) is 31.2 Å². The highest BCUT2D eigenvalue weighted by Crippen LogP contribution is 2.30. The van der Waals surface area contributed by atoms with E-state index in [0.29, 0.717) is 0 Å². The lowest BCUT2D eigenvalue weighted by Gasteiger charge is -2.14. The highest BCUT2D eigenvalue weighted by Gasteiger charge is 2.39. The maximum Gasteiger partial charge on any atom is 0.305 e. The third-order valence-electron chi connectivity index (χ3n) is 3.44. The van der Waals surface area contributed by atoms with Gasteiger partial charge >= 0.3 is 5.97 Å². The van der Waals surface area contributed by atoms with Gasteiger partial charge < -0.3 is 5.11 Å². The molecule has 2 amide bonds. The summed E-state index contributed by atoms with van der Waals surface area (Å²) in [6.07, 6.45) is -0.0849. The normalized spacial score (nSPS) is 18.7. The van der Waals surface area contributed by atoms with Crippen molar-refractivity contribution < 1.29 is 19.5 Å². The summed E-state index contributed by atoms with van der Waals surface area (Å²) in [6, 6.07) is 5.82. The molecule has 2 rings (SSSR count). The van der Waals surface area contributed by atoms with E-state index in [9.17, 15) is 14.4 Å². The number of rotatable bonds is 4. The van der Waals surface area contributed by atoms with Crippen LogP contribution in [-0.2, 0) is 14.4 Å². The van der Waals surface area contributed by atoms with Crippen molar-refractivity contribution >= 4 is 17.8 Å². The van der Waals surface area contributed by atoms with Crippen LogP contribution in [0, 0.1) is 13.8 Å². The van der Waals surface area contributed by atoms with E-state index in [4.69, 9.17) is 5.11 Å². The van der Waals surface area contributed by atoms with E-state index >= 15 is 0 Å². The lowest BCUT2D eigenvalue weighted by molar-refractivity contribution is -0.141. The third-order valence-corrected chi connectivity index (χ3v) is 3.44. The van der Waals surface area contributed by atoms with Crippen molar-refractivity contribution in [3.8, 4) is 0 Å². The Morgan fingerprint density at radius 1 is 1.25 bits per heavy atom. The zero-order valence-electron chi connectivity index (χ0n) is 11.5. The molecule has 20 heavy (non-hydrogen) atoms. The van der Waals surface area contributed by atoms with Crippen LogP contribution in [0.5, 0.6) is 0 Å². The fraction of sp³-hybridized carbons (Fsp3) is 0.400. The van der Waals surface area contributed by atoms with Crippen LogP contribution in [0.1, 0.15) is 35.4 Å². The van der Waals surface area contributed by atoms with Crippen molar-refractivity contribution in [2.75, 3.05) is 6.54 Å². The molecule has 0 spiro atoms. The Bertz CT molecular complexity index is 559. The van der Waals surface area contributed by atoms with Gasteiger partial charge in [-0.05, 0) is 19.4 Å². The van der Waals surface area contributed by atoms with Gasteiger partial charge in [0.05, 0.1) is 12.3 Å². The fourth-order valence-electron chi connectivity index (χ4n) is 2.60. The molecule has 5 nitrogen and oxygen atoms in total. The summed E-state index contributed by atoms with van der Waals surface area (Å²) in [4.78, 5) is 35.8. The van der Waals surface area contributed by atoms with Crippen molar-refractivity contribution in [3.05, 3.63) is 34.9 Å². The van der Waals surface area contributed by atoms with Gasteiger partial charge in [-0.2, -0.15) is 0 Å². The molecule has 0 saturated carbocycles. The van der Waals surface area contributed by atoms with Crippen molar-refractivity contribution in [1.82, 2.24) is 4.90 Å². The number of carbonyl (C=O) groups excluding carboxylic acids is 2. The van der Waals surface area contributed by atoms with E-state index in [2.05, 4.69) is 0 Å². The molecule has 5 heteroatoms. The SMILES string of the molecule is Cc1cc(C)cc(C2CC(=O)N(CCC(=O)O)C2=O)c1. The Morgan fingerprint density at radius 2 is 1.85 bits per heavy atom. The summed E-state index contributed by atoms with van der Waals surface area (Å²) >= 11 is 0. The molecule has 1 unspecified atom stereocenters. The lowest BCUT2D eigenvalue weighted by atomic mass is 9.94. The van der Waals surface area contributed by atoms with Crippen LogP contribution >= 0.6 is 0 Å². The van der Waals surface area contributed by atoms with Gasteiger partial charge in [-0.25, -0.2) is 0 Å². The Labute approximate surface area is 117 Å². The van der Waals surface area contributed by atoms with Gasteiger partial charge in [0, 0.05) is 13.0 Å². The molecular weight excluding hydrogens is 258 g/mol. The number of aliphatic carboxylic acids is 1. The Kier molecular flexibility index (Phi) is 3.88. The third kappa shape index (κ3) is 2.87. The molecule has 1 aromatic carbocycles. The molecule has 1 aliphatic heterocycles. The van der Waals surface area contributed by atoms with Gasteiger partial charge in [0.25, 0.3) is 0 Å². The molecule has 1 aromatic rings. The lowest BCUT2D eigenvalue weighted by Crippen LogP contribution is -2.32. The van der Waals surface area contributed by atoms with Crippen LogP contribution in [0.4, 0.5) is 0 Å². The molecule has 106 valence electrons. The van der Waals surface area contributed by atoms with Gasteiger partial charge in [-0.1, -0.05) is 29.3 Å². The summed E-state index contributed by atoms with van der Waals surface area (Å²) < 4.78 is 0. The minimum Gasteiger partial charge on any atom is -0.481 e. The Hall–Kier alpha value is -2.17. The van der Waals surface area contributed by atoms with Crippen molar-refractivity contribution in [2.24, 2.45) is 0 Å². The predicted molar refractivity (Wildman–Crippen MR) is 72.2 cm³/mol. The standard InChI is InChI=1S/C15H17NO4/c1-9-5-10(2)7-11(6-9)12-8-13(17)16(15(12)20)4-3-14(18)19/h5-7,12H,3-4,8H2,1-2H3,(H,18,19). The molecule has 0 aromatic heterocycles. The predicted octanol–water partition coefficient (Wildman–Crippen LogP) is 1.62. The van der Waals surface area contributed by atoms with E-state index in [1.807, 2.05) is 32.0 Å². The summed E-state index contributed by atoms with van der Waals surface area (Å²) in [7, 11) is 0. The van der Waals surface area contributed by atoms with Crippen LogP contribution in [-0.4, -0.2) is 34.3 Å². The maximum absolute atomic E-state index is 12.3. The second-order valence-corrected chi connectivity index (χ2v) is 5.21. The van der Waals surface area contributed by atoms with Gasteiger partial charge in [0.1, 0.15) is 0 Å². The number of nitrogens with zero attached hydrogens (tertiary/aromatic N) is 1. The molecule has 1 atom stereocenters. The van der Waals surface area contributed by atoms with E-state index in [0.717, 1.165) is 21.6 Å². The highest BCUT2D eigenvalue weighted by molar-refractivity contribution is 6.06. The number of carbonyl (C=O) groups is 3. The van der Waals surface area contributed by atoms with E-state index in [1.54, 1.807) is 0 Å². The average molecular weight is 275 g/mol. The number of hydrogen-bond donors (Lipinski definition) is 1. The van der Waals surface area contributed by atoms with Crippen LogP contribution in [0.15, 0.2) is 18.2 Å². The number of amides is 2. The molecule has 1 N–H and O–H groups in total.